The van der Waals surface area contributed by atoms with Gasteiger partial charge in [0.25, 0.3) is 0 Å². The first-order chi connectivity index (χ1) is 10.9. The molecular formula is C19H26N2O2. The standard InChI is InChI=1S/C17H20N2O2.C2H6/c1-4-6-14(13(9-10-20)12(3)18)17(21)16-11(2)7-5-8-15(16)19;1-2/h4-5,7-8,10H,1,3,6,9,18-19H2,2H3;1-2H3/b14-13+;. The average Bonchev–Trinajstić information content (AvgIpc) is 2.52. The van der Waals surface area contributed by atoms with Gasteiger partial charge in [-0.15, -0.1) is 6.58 Å². The molecule has 0 heterocycles. The maximum Gasteiger partial charge on any atom is 0.192 e. The largest absolute Gasteiger partial charge is 0.399 e. The number of allylic oxidation sites excluding steroid dienone is 3. The lowest BCUT2D eigenvalue weighted by atomic mass is 9.90. The lowest BCUT2D eigenvalue weighted by Crippen LogP contribution is -2.14. The molecule has 1 aromatic rings. The number of hydrogen-bond acceptors (Lipinski definition) is 4. The molecule has 0 saturated carbocycles. The van der Waals surface area contributed by atoms with Crippen LogP contribution in [0.4, 0.5) is 5.69 Å². The van der Waals surface area contributed by atoms with E-state index in [9.17, 15) is 9.59 Å². The van der Waals surface area contributed by atoms with Crippen LogP contribution in [0, 0.1) is 6.92 Å². The van der Waals surface area contributed by atoms with Gasteiger partial charge in [-0.2, -0.15) is 0 Å². The predicted octanol–water partition coefficient (Wildman–Crippen LogP) is 3.72. The van der Waals surface area contributed by atoms with E-state index in [0.29, 0.717) is 35.1 Å². The summed E-state index contributed by atoms with van der Waals surface area (Å²) in [4.78, 5) is 23.6. The minimum absolute atomic E-state index is 0.0377. The lowest BCUT2D eigenvalue weighted by molar-refractivity contribution is -0.107. The van der Waals surface area contributed by atoms with Gasteiger partial charge in [0.1, 0.15) is 6.29 Å². The number of Topliss-reactive ketones (excluding diaryl/α,β-unsaturated/α-hetero) is 1. The molecule has 4 nitrogen and oxygen atoms in total. The molecule has 0 aromatic heterocycles. The van der Waals surface area contributed by atoms with Gasteiger partial charge in [0.05, 0.1) is 0 Å². The van der Waals surface area contributed by atoms with Gasteiger partial charge in [-0.05, 0) is 30.5 Å². The van der Waals surface area contributed by atoms with Crippen LogP contribution in [0.5, 0.6) is 0 Å². The van der Waals surface area contributed by atoms with Crippen LogP contribution in [-0.4, -0.2) is 12.1 Å². The number of nitrogen functional groups attached to an aromatic ring is 1. The van der Waals surface area contributed by atoms with Crippen LogP contribution in [-0.2, 0) is 4.79 Å². The number of aryl methyl sites for hydroxylation is 1. The molecule has 0 amide bonds. The zero-order valence-electron chi connectivity index (χ0n) is 14.2. The molecule has 0 spiro atoms. The summed E-state index contributed by atoms with van der Waals surface area (Å²) < 4.78 is 0. The Labute approximate surface area is 138 Å². The predicted molar refractivity (Wildman–Crippen MR) is 97.1 cm³/mol. The molecule has 124 valence electrons. The van der Waals surface area contributed by atoms with Gasteiger partial charge >= 0.3 is 0 Å². The molecule has 0 atom stereocenters. The summed E-state index contributed by atoms with van der Waals surface area (Å²) in [5.74, 6) is -0.242. The first kappa shape index (κ1) is 20.4. The third-order valence-corrected chi connectivity index (χ3v) is 3.19. The van der Waals surface area contributed by atoms with Crippen LogP contribution in [0.1, 0.15) is 42.6 Å². The van der Waals surface area contributed by atoms with Crippen molar-refractivity contribution in [2.24, 2.45) is 5.73 Å². The van der Waals surface area contributed by atoms with Crippen LogP contribution < -0.4 is 11.5 Å². The van der Waals surface area contributed by atoms with Crippen molar-refractivity contribution in [1.82, 2.24) is 0 Å². The number of rotatable bonds is 7. The molecule has 0 radical (unpaired) electrons. The van der Waals surface area contributed by atoms with Crippen molar-refractivity contribution in [2.75, 3.05) is 5.73 Å². The fourth-order valence-electron chi connectivity index (χ4n) is 2.18. The van der Waals surface area contributed by atoms with Crippen molar-refractivity contribution in [3.8, 4) is 0 Å². The van der Waals surface area contributed by atoms with Crippen molar-refractivity contribution in [3.05, 3.63) is 65.4 Å². The Bertz CT molecular complexity index is 608. The van der Waals surface area contributed by atoms with Crippen molar-refractivity contribution in [2.45, 2.75) is 33.6 Å². The Morgan fingerprint density at radius 2 is 1.83 bits per heavy atom. The number of ketones is 1. The normalized spacial score (nSPS) is 10.7. The Morgan fingerprint density at radius 3 is 2.26 bits per heavy atom. The van der Waals surface area contributed by atoms with Gasteiger partial charge in [-0.3, -0.25) is 4.79 Å². The van der Waals surface area contributed by atoms with E-state index in [4.69, 9.17) is 11.5 Å². The topological polar surface area (TPSA) is 86.2 Å². The quantitative estimate of drug-likeness (QED) is 0.200. The molecule has 1 rings (SSSR count). The zero-order valence-corrected chi connectivity index (χ0v) is 14.2. The van der Waals surface area contributed by atoms with E-state index < -0.39 is 0 Å². The van der Waals surface area contributed by atoms with Crippen LogP contribution in [0.25, 0.3) is 0 Å². The smallest absolute Gasteiger partial charge is 0.192 e. The monoisotopic (exact) mass is 314 g/mol. The van der Waals surface area contributed by atoms with Crippen LogP contribution in [0.2, 0.25) is 0 Å². The summed E-state index contributed by atoms with van der Waals surface area (Å²) in [5.41, 5.74) is 14.3. The highest BCUT2D eigenvalue weighted by molar-refractivity contribution is 6.13. The van der Waals surface area contributed by atoms with E-state index in [0.717, 1.165) is 5.56 Å². The molecule has 23 heavy (non-hydrogen) atoms. The van der Waals surface area contributed by atoms with Crippen molar-refractivity contribution in [3.63, 3.8) is 0 Å². The maximum absolute atomic E-state index is 12.8. The van der Waals surface area contributed by atoms with Gasteiger partial charge < -0.3 is 16.3 Å². The van der Waals surface area contributed by atoms with Crippen molar-refractivity contribution >= 4 is 17.8 Å². The minimum Gasteiger partial charge on any atom is -0.399 e. The Balaban J connectivity index is 0.00000232. The second kappa shape index (κ2) is 10.2. The van der Waals surface area contributed by atoms with Gasteiger partial charge in [0.15, 0.2) is 5.78 Å². The van der Waals surface area contributed by atoms with Crippen LogP contribution in [0.3, 0.4) is 0 Å². The highest BCUT2D eigenvalue weighted by atomic mass is 16.1. The molecule has 0 fully saturated rings. The van der Waals surface area contributed by atoms with E-state index in [2.05, 4.69) is 13.2 Å². The summed E-state index contributed by atoms with van der Waals surface area (Å²) in [6.07, 6.45) is 2.63. The first-order valence-electron chi connectivity index (χ1n) is 7.55. The van der Waals surface area contributed by atoms with Crippen molar-refractivity contribution < 1.29 is 9.59 Å². The van der Waals surface area contributed by atoms with Gasteiger partial charge in [0, 0.05) is 28.9 Å². The third-order valence-electron chi connectivity index (χ3n) is 3.19. The molecule has 4 N–H and O–H groups in total. The molecule has 0 aliphatic heterocycles. The van der Waals surface area contributed by atoms with Crippen molar-refractivity contribution in [1.29, 1.82) is 0 Å². The molecule has 4 heteroatoms. The fraction of sp³-hybridized carbons (Fsp3) is 0.263. The van der Waals surface area contributed by atoms with E-state index in [1.807, 2.05) is 26.8 Å². The summed E-state index contributed by atoms with van der Waals surface area (Å²) in [6.45, 7) is 13.1. The number of benzene rings is 1. The van der Waals surface area contributed by atoms with E-state index in [1.165, 1.54) is 0 Å². The SMILES string of the molecule is C=CC/C(C(=O)c1c(C)cccc1N)=C(/CC=O)C(=C)N.CC. The third kappa shape index (κ3) is 5.25. The second-order valence-corrected chi connectivity index (χ2v) is 4.71. The fourth-order valence-corrected chi connectivity index (χ4v) is 2.18. The minimum atomic E-state index is -0.242. The van der Waals surface area contributed by atoms with Gasteiger partial charge in [-0.1, -0.05) is 38.6 Å². The van der Waals surface area contributed by atoms with Gasteiger partial charge in [-0.25, -0.2) is 0 Å². The van der Waals surface area contributed by atoms with Gasteiger partial charge in [0.2, 0.25) is 0 Å². The van der Waals surface area contributed by atoms with E-state index in [-0.39, 0.29) is 17.9 Å². The molecule has 0 aliphatic rings. The van der Waals surface area contributed by atoms with Crippen LogP contribution in [0.15, 0.2) is 54.3 Å². The molecular weight excluding hydrogens is 288 g/mol. The maximum atomic E-state index is 12.8. The summed E-state index contributed by atoms with van der Waals surface area (Å²) in [6, 6.07) is 5.26. The Hall–Kier alpha value is -2.62. The summed E-state index contributed by atoms with van der Waals surface area (Å²) >= 11 is 0. The van der Waals surface area contributed by atoms with E-state index in [1.54, 1.807) is 18.2 Å². The highest BCUT2D eigenvalue weighted by Gasteiger charge is 2.20. The zero-order chi connectivity index (χ0) is 18.0. The Kier molecular flexibility index (Phi) is 9.01. The number of carbonyl (C=O) groups is 2. The highest BCUT2D eigenvalue weighted by Crippen LogP contribution is 2.26. The average molecular weight is 314 g/mol. The number of nitrogens with two attached hydrogens (primary N) is 2. The number of anilines is 1. The molecule has 0 saturated heterocycles. The molecule has 0 unspecified atom stereocenters. The van der Waals surface area contributed by atoms with Crippen LogP contribution >= 0.6 is 0 Å². The Morgan fingerprint density at radius 1 is 1.22 bits per heavy atom. The summed E-state index contributed by atoms with van der Waals surface area (Å²) in [7, 11) is 0. The number of hydrogen-bond donors (Lipinski definition) is 2. The lowest BCUT2D eigenvalue weighted by Gasteiger charge is -2.14. The summed E-state index contributed by atoms with van der Waals surface area (Å²) in [5, 5.41) is 0. The molecule has 0 bridgehead atoms. The van der Waals surface area contributed by atoms with E-state index >= 15 is 0 Å². The first-order valence-corrected chi connectivity index (χ1v) is 7.55. The molecule has 1 aromatic carbocycles. The molecule has 0 aliphatic carbocycles. The number of aldehydes is 1. The number of carbonyl (C=O) groups excluding carboxylic acids is 2. The second-order valence-electron chi connectivity index (χ2n) is 4.71.